The van der Waals surface area contributed by atoms with Crippen molar-refractivity contribution in [1.82, 2.24) is 0 Å². The Balaban J connectivity index is 2.55. The van der Waals surface area contributed by atoms with Crippen LogP contribution in [0, 0.1) is 5.82 Å². The van der Waals surface area contributed by atoms with Gasteiger partial charge in [-0.2, -0.15) is 13.2 Å². The first-order valence-electron chi connectivity index (χ1n) is 6.99. The maximum absolute atomic E-state index is 14.0. The van der Waals surface area contributed by atoms with Crippen LogP contribution in [-0.4, -0.2) is 20.0 Å². The summed E-state index contributed by atoms with van der Waals surface area (Å²) in [5, 5.41) is 0. The molecule has 2 rings (SSSR count). The highest BCUT2D eigenvalue weighted by Crippen LogP contribution is 2.38. The Hall–Kier alpha value is -2.09. The Labute approximate surface area is 149 Å². The van der Waals surface area contributed by atoms with E-state index in [1.807, 2.05) is 0 Å². The number of ether oxygens (including phenoxy) is 2. The van der Waals surface area contributed by atoms with Crippen LogP contribution in [0.15, 0.2) is 34.8 Å². The van der Waals surface area contributed by atoms with Gasteiger partial charge in [-0.1, -0.05) is 6.07 Å². The normalized spacial score (nSPS) is 11.3. The third-order valence-corrected chi connectivity index (χ3v) is 4.16. The topological polar surface area (TPSA) is 35.5 Å². The first kappa shape index (κ1) is 19.2. The summed E-state index contributed by atoms with van der Waals surface area (Å²) in [5.74, 6) is -1.63. The monoisotopic (exact) mass is 420 g/mol. The van der Waals surface area contributed by atoms with Gasteiger partial charge in [-0.3, -0.25) is 4.79 Å². The molecule has 0 atom stereocenters. The molecule has 0 saturated heterocycles. The Morgan fingerprint density at radius 1 is 1.12 bits per heavy atom. The maximum Gasteiger partial charge on any atom is 0.416 e. The molecule has 0 heterocycles. The number of Topliss-reactive ketones (excluding diaryl/α,β-unsaturated/α-hetero) is 1. The molecule has 0 amide bonds. The van der Waals surface area contributed by atoms with E-state index in [1.54, 1.807) is 6.07 Å². The van der Waals surface area contributed by atoms with Gasteiger partial charge in [0, 0.05) is 12.0 Å². The van der Waals surface area contributed by atoms with Crippen molar-refractivity contribution in [3.05, 3.63) is 57.3 Å². The van der Waals surface area contributed by atoms with E-state index < -0.39 is 35.3 Å². The minimum atomic E-state index is -4.77. The Bertz CT molecular complexity index is 803. The lowest BCUT2D eigenvalue weighted by Gasteiger charge is -2.16. The van der Waals surface area contributed by atoms with Crippen molar-refractivity contribution < 1.29 is 31.8 Å². The van der Waals surface area contributed by atoms with Crippen LogP contribution >= 0.6 is 15.9 Å². The fourth-order valence-corrected chi connectivity index (χ4v) is 2.92. The average molecular weight is 421 g/mol. The second kappa shape index (κ2) is 7.43. The van der Waals surface area contributed by atoms with Crippen molar-refractivity contribution >= 4 is 21.7 Å². The highest BCUT2D eigenvalue weighted by molar-refractivity contribution is 9.10. The number of rotatable bonds is 5. The molecule has 25 heavy (non-hydrogen) atoms. The Morgan fingerprint density at radius 2 is 1.80 bits per heavy atom. The van der Waals surface area contributed by atoms with Gasteiger partial charge < -0.3 is 9.47 Å². The van der Waals surface area contributed by atoms with Crippen LogP contribution in [-0.2, 0) is 12.6 Å². The lowest BCUT2D eigenvalue weighted by atomic mass is 9.97. The average Bonchev–Trinajstić information content (AvgIpc) is 2.55. The molecular weight excluding hydrogens is 408 g/mol. The molecule has 134 valence electrons. The largest absolute Gasteiger partial charge is 0.496 e. The molecule has 0 saturated carbocycles. The number of benzene rings is 2. The van der Waals surface area contributed by atoms with Gasteiger partial charge in [0.2, 0.25) is 0 Å². The number of carbonyl (C=O) groups is 1. The zero-order chi connectivity index (χ0) is 18.8. The SMILES string of the molecule is COc1ccc(Br)c(OC)c1C(=O)Cc1c(F)cccc1C(F)(F)F. The molecule has 0 unspecified atom stereocenters. The molecule has 0 aromatic heterocycles. The van der Waals surface area contributed by atoms with Gasteiger partial charge >= 0.3 is 6.18 Å². The van der Waals surface area contributed by atoms with Crippen LogP contribution in [0.1, 0.15) is 21.5 Å². The number of ketones is 1. The van der Waals surface area contributed by atoms with Crippen LogP contribution in [0.4, 0.5) is 17.6 Å². The van der Waals surface area contributed by atoms with Crippen LogP contribution in [0.25, 0.3) is 0 Å². The molecule has 0 radical (unpaired) electrons. The highest BCUT2D eigenvalue weighted by Gasteiger charge is 2.35. The standard InChI is InChI=1S/C17H13BrF4O3/c1-24-14-7-6-11(18)16(25-2)15(14)13(23)8-9-10(17(20,21)22)4-3-5-12(9)19/h3-7H,8H2,1-2H3. The maximum atomic E-state index is 14.0. The fourth-order valence-electron chi connectivity index (χ4n) is 2.43. The first-order chi connectivity index (χ1) is 11.7. The van der Waals surface area contributed by atoms with E-state index in [9.17, 15) is 22.4 Å². The van der Waals surface area contributed by atoms with Crippen molar-refractivity contribution in [2.45, 2.75) is 12.6 Å². The van der Waals surface area contributed by atoms with Gasteiger partial charge in [-0.15, -0.1) is 0 Å². The van der Waals surface area contributed by atoms with E-state index in [0.717, 1.165) is 18.2 Å². The van der Waals surface area contributed by atoms with E-state index in [-0.39, 0.29) is 17.1 Å². The van der Waals surface area contributed by atoms with Crippen LogP contribution in [0.5, 0.6) is 11.5 Å². The smallest absolute Gasteiger partial charge is 0.416 e. The summed E-state index contributed by atoms with van der Waals surface area (Å²) in [4.78, 5) is 12.6. The van der Waals surface area contributed by atoms with Crippen LogP contribution in [0.2, 0.25) is 0 Å². The van der Waals surface area contributed by atoms with Crippen molar-refractivity contribution in [3.8, 4) is 11.5 Å². The zero-order valence-corrected chi connectivity index (χ0v) is 14.8. The summed E-state index contributed by atoms with van der Waals surface area (Å²) < 4.78 is 63.9. The zero-order valence-electron chi connectivity index (χ0n) is 13.2. The summed E-state index contributed by atoms with van der Waals surface area (Å²) in [6.45, 7) is 0. The molecule has 0 aliphatic carbocycles. The highest BCUT2D eigenvalue weighted by atomic mass is 79.9. The van der Waals surface area contributed by atoms with Gasteiger partial charge in [0.25, 0.3) is 0 Å². The Morgan fingerprint density at radius 3 is 2.36 bits per heavy atom. The lowest BCUT2D eigenvalue weighted by Crippen LogP contribution is -2.15. The number of alkyl halides is 3. The van der Waals surface area contributed by atoms with Crippen molar-refractivity contribution in [2.24, 2.45) is 0 Å². The van der Waals surface area contributed by atoms with Gasteiger partial charge in [0.05, 0.1) is 24.3 Å². The molecule has 0 N–H and O–H groups in total. The predicted molar refractivity (Wildman–Crippen MR) is 86.7 cm³/mol. The van der Waals surface area contributed by atoms with E-state index in [4.69, 9.17) is 9.47 Å². The van der Waals surface area contributed by atoms with E-state index >= 15 is 0 Å². The lowest BCUT2D eigenvalue weighted by molar-refractivity contribution is -0.138. The molecule has 0 bridgehead atoms. The molecule has 2 aromatic carbocycles. The number of hydrogen-bond acceptors (Lipinski definition) is 3. The van der Waals surface area contributed by atoms with E-state index in [1.165, 1.54) is 20.3 Å². The summed E-state index contributed by atoms with van der Waals surface area (Å²) >= 11 is 3.20. The molecule has 0 aliphatic heterocycles. The van der Waals surface area contributed by atoms with Gasteiger partial charge in [-0.05, 0) is 40.2 Å². The second-order valence-electron chi connectivity index (χ2n) is 5.02. The second-order valence-corrected chi connectivity index (χ2v) is 5.88. The van der Waals surface area contributed by atoms with Crippen LogP contribution in [0.3, 0.4) is 0 Å². The molecule has 0 spiro atoms. The number of hydrogen-bond donors (Lipinski definition) is 0. The van der Waals surface area contributed by atoms with Crippen LogP contribution < -0.4 is 9.47 Å². The summed E-state index contributed by atoms with van der Waals surface area (Å²) in [6.07, 6.45) is -5.56. The Kier molecular flexibility index (Phi) is 5.72. The van der Waals surface area contributed by atoms with Gasteiger partial charge in [0.15, 0.2) is 5.78 Å². The fraction of sp³-hybridized carbons (Fsp3) is 0.235. The summed E-state index contributed by atoms with van der Waals surface area (Å²) in [5.41, 5.74) is -1.96. The third kappa shape index (κ3) is 3.95. The molecule has 3 nitrogen and oxygen atoms in total. The minimum absolute atomic E-state index is 0.0595. The van der Waals surface area contributed by atoms with Crippen molar-refractivity contribution in [3.63, 3.8) is 0 Å². The first-order valence-corrected chi connectivity index (χ1v) is 7.78. The summed E-state index contributed by atoms with van der Waals surface area (Å²) in [7, 11) is 2.62. The molecular formula is C17H13BrF4O3. The van der Waals surface area contributed by atoms with Gasteiger partial charge in [-0.25, -0.2) is 4.39 Å². The molecule has 8 heteroatoms. The molecule has 0 fully saturated rings. The number of halogens is 5. The van der Waals surface area contributed by atoms with E-state index in [0.29, 0.717) is 4.47 Å². The minimum Gasteiger partial charge on any atom is -0.496 e. The van der Waals surface area contributed by atoms with E-state index in [2.05, 4.69) is 15.9 Å². The predicted octanol–water partition coefficient (Wildman–Crippen LogP) is 5.05. The van der Waals surface area contributed by atoms with Gasteiger partial charge in [0.1, 0.15) is 22.9 Å². The summed E-state index contributed by atoms with van der Waals surface area (Å²) in [6, 6.07) is 5.60. The number of carbonyl (C=O) groups excluding carboxylic acids is 1. The van der Waals surface area contributed by atoms with Crippen molar-refractivity contribution in [2.75, 3.05) is 14.2 Å². The quantitative estimate of drug-likeness (QED) is 0.501. The number of methoxy groups -OCH3 is 2. The molecule has 0 aliphatic rings. The molecule has 2 aromatic rings. The van der Waals surface area contributed by atoms with Crippen molar-refractivity contribution in [1.29, 1.82) is 0 Å². The third-order valence-electron chi connectivity index (χ3n) is 3.54.